The molecule has 3 rings (SSSR count). The summed E-state index contributed by atoms with van der Waals surface area (Å²) in [5, 5.41) is 2.81. The van der Waals surface area contributed by atoms with Crippen molar-refractivity contribution < 1.29 is 4.79 Å². The highest BCUT2D eigenvalue weighted by atomic mass is 16.2. The molecule has 0 unspecified atom stereocenters. The quantitative estimate of drug-likeness (QED) is 0.924. The number of likely N-dealkylation sites (N-methyl/N-ethyl adjacent to an activating group) is 1. The molecule has 0 spiro atoms. The minimum Gasteiger partial charge on any atom is -0.357 e. The third kappa shape index (κ3) is 2.82. The van der Waals surface area contributed by atoms with Gasteiger partial charge in [-0.1, -0.05) is 6.07 Å². The van der Waals surface area contributed by atoms with Gasteiger partial charge in [0.15, 0.2) is 0 Å². The van der Waals surface area contributed by atoms with Gasteiger partial charge in [0.1, 0.15) is 5.54 Å². The number of likely N-dealkylation sites (tertiary alicyclic amines) is 1. The SMILES string of the molecule is CNC(=O)[C@]1(c2cnccn2)CCCN1Cc1ccc(C)nc1. The summed E-state index contributed by atoms with van der Waals surface area (Å²) in [6.45, 7) is 3.48. The lowest BCUT2D eigenvalue weighted by atomic mass is 9.90. The first kappa shape index (κ1) is 15.6. The van der Waals surface area contributed by atoms with Crippen LogP contribution in [0.2, 0.25) is 0 Å². The molecule has 1 fully saturated rings. The van der Waals surface area contributed by atoms with E-state index in [0.29, 0.717) is 12.2 Å². The van der Waals surface area contributed by atoms with E-state index in [2.05, 4.69) is 31.2 Å². The highest BCUT2D eigenvalue weighted by Gasteiger charge is 2.49. The van der Waals surface area contributed by atoms with Crippen molar-refractivity contribution in [3.63, 3.8) is 0 Å². The maximum Gasteiger partial charge on any atom is 0.246 e. The predicted octanol–water partition coefficient (Wildman–Crippen LogP) is 1.42. The predicted molar refractivity (Wildman–Crippen MR) is 86.4 cm³/mol. The van der Waals surface area contributed by atoms with Crippen LogP contribution in [0.15, 0.2) is 36.9 Å². The Morgan fingerprint density at radius 3 is 2.83 bits per heavy atom. The van der Waals surface area contributed by atoms with E-state index in [1.54, 1.807) is 25.6 Å². The fourth-order valence-corrected chi connectivity index (χ4v) is 3.28. The lowest BCUT2D eigenvalue weighted by Gasteiger charge is -2.36. The van der Waals surface area contributed by atoms with Crippen molar-refractivity contribution in [3.8, 4) is 0 Å². The largest absolute Gasteiger partial charge is 0.357 e. The van der Waals surface area contributed by atoms with Gasteiger partial charge < -0.3 is 5.32 Å². The Morgan fingerprint density at radius 1 is 1.30 bits per heavy atom. The van der Waals surface area contributed by atoms with E-state index in [9.17, 15) is 4.79 Å². The molecule has 1 aliphatic heterocycles. The second-order valence-corrected chi connectivity index (χ2v) is 5.86. The van der Waals surface area contributed by atoms with Gasteiger partial charge in [0.05, 0.1) is 11.9 Å². The van der Waals surface area contributed by atoms with E-state index >= 15 is 0 Å². The van der Waals surface area contributed by atoms with Crippen LogP contribution < -0.4 is 5.32 Å². The van der Waals surface area contributed by atoms with Crippen LogP contribution in [0.1, 0.15) is 29.8 Å². The molecule has 0 bridgehead atoms. The van der Waals surface area contributed by atoms with Gasteiger partial charge in [0.25, 0.3) is 0 Å². The lowest BCUT2D eigenvalue weighted by Crippen LogP contribution is -2.52. The summed E-state index contributed by atoms with van der Waals surface area (Å²) in [6, 6.07) is 4.06. The highest BCUT2D eigenvalue weighted by molar-refractivity contribution is 5.87. The Bertz CT molecular complexity index is 673. The molecular formula is C17H21N5O. The fraction of sp³-hybridized carbons (Fsp3) is 0.412. The van der Waals surface area contributed by atoms with Crippen molar-refractivity contribution in [3.05, 3.63) is 53.9 Å². The number of nitrogens with zero attached hydrogens (tertiary/aromatic N) is 4. The van der Waals surface area contributed by atoms with Crippen LogP contribution in [-0.2, 0) is 16.9 Å². The molecule has 1 amide bonds. The van der Waals surface area contributed by atoms with Gasteiger partial charge in [-0.2, -0.15) is 0 Å². The molecule has 6 heteroatoms. The van der Waals surface area contributed by atoms with Crippen LogP contribution in [-0.4, -0.2) is 39.4 Å². The van der Waals surface area contributed by atoms with Gasteiger partial charge in [-0.3, -0.25) is 24.6 Å². The molecule has 23 heavy (non-hydrogen) atoms. The standard InChI is InChI=1S/C17H21N5O/c1-13-4-5-14(10-21-13)12-22-9-3-6-17(22,16(23)18-2)15-11-19-7-8-20-15/h4-5,7-8,10-11H,3,6,9,12H2,1-2H3,(H,18,23)/t17-/m1/s1. The average molecular weight is 311 g/mol. The zero-order valence-electron chi connectivity index (χ0n) is 13.5. The lowest BCUT2D eigenvalue weighted by molar-refractivity contribution is -0.132. The van der Waals surface area contributed by atoms with Gasteiger partial charge in [-0.15, -0.1) is 0 Å². The second kappa shape index (κ2) is 6.42. The number of carbonyl (C=O) groups is 1. The Balaban J connectivity index is 1.97. The Hall–Kier alpha value is -2.34. The van der Waals surface area contributed by atoms with E-state index in [1.165, 1.54) is 0 Å². The zero-order chi connectivity index (χ0) is 16.3. The summed E-state index contributed by atoms with van der Waals surface area (Å²) in [7, 11) is 1.67. The van der Waals surface area contributed by atoms with Crippen molar-refractivity contribution in [1.82, 2.24) is 25.2 Å². The molecule has 0 aliphatic carbocycles. The third-order valence-electron chi connectivity index (χ3n) is 4.44. The highest BCUT2D eigenvalue weighted by Crippen LogP contribution is 2.39. The number of pyridine rings is 1. The fourth-order valence-electron chi connectivity index (χ4n) is 3.28. The van der Waals surface area contributed by atoms with Gasteiger partial charge in [0.2, 0.25) is 5.91 Å². The van der Waals surface area contributed by atoms with E-state index in [4.69, 9.17) is 0 Å². The van der Waals surface area contributed by atoms with Crippen LogP contribution in [0.3, 0.4) is 0 Å². The maximum atomic E-state index is 12.8. The summed E-state index contributed by atoms with van der Waals surface area (Å²) in [4.78, 5) is 27.9. The van der Waals surface area contributed by atoms with Crippen molar-refractivity contribution in [2.45, 2.75) is 31.8 Å². The number of hydrogen-bond acceptors (Lipinski definition) is 5. The molecule has 1 atom stereocenters. The Morgan fingerprint density at radius 2 is 2.17 bits per heavy atom. The van der Waals surface area contributed by atoms with Crippen molar-refractivity contribution in [2.24, 2.45) is 0 Å². The number of aryl methyl sites for hydroxylation is 1. The van der Waals surface area contributed by atoms with Crippen LogP contribution in [0.4, 0.5) is 0 Å². The second-order valence-electron chi connectivity index (χ2n) is 5.86. The molecular weight excluding hydrogens is 290 g/mol. The van der Waals surface area contributed by atoms with Crippen LogP contribution in [0, 0.1) is 6.92 Å². The van der Waals surface area contributed by atoms with Crippen LogP contribution in [0.5, 0.6) is 0 Å². The molecule has 0 radical (unpaired) electrons. The molecule has 0 saturated carbocycles. The summed E-state index contributed by atoms with van der Waals surface area (Å²) in [5.74, 6) is -0.0319. The first-order valence-electron chi connectivity index (χ1n) is 7.82. The van der Waals surface area contributed by atoms with Gasteiger partial charge in [-0.05, 0) is 37.9 Å². The molecule has 1 N–H and O–H groups in total. The molecule has 6 nitrogen and oxygen atoms in total. The average Bonchev–Trinajstić information content (AvgIpc) is 3.01. The summed E-state index contributed by atoms with van der Waals surface area (Å²) in [5.41, 5.74) is 2.03. The van der Waals surface area contributed by atoms with E-state index in [0.717, 1.165) is 30.6 Å². The number of amides is 1. The van der Waals surface area contributed by atoms with Crippen molar-refractivity contribution in [1.29, 1.82) is 0 Å². The molecule has 120 valence electrons. The van der Waals surface area contributed by atoms with Gasteiger partial charge >= 0.3 is 0 Å². The smallest absolute Gasteiger partial charge is 0.246 e. The van der Waals surface area contributed by atoms with E-state index in [-0.39, 0.29) is 5.91 Å². The van der Waals surface area contributed by atoms with Crippen molar-refractivity contribution in [2.75, 3.05) is 13.6 Å². The van der Waals surface area contributed by atoms with E-state index in [1.807, 2.05) is 19.2 Å². The number of hydrogen-bond donors (Lipinski definition) is 1. The molecule has 1 saturated heterocycles. The normalized spacial score (nSPS) is 21.3. The molecule has 0 aromatic carbocycles. The first-order chi connectivity index (χ1) is 11.2. The third-order valence-corrected chi connectivity index (χ3v) is 4.44. The van der Waals surface area contributed by atoms with Gasteiger partial charge in [0, 0.05) is 37.9 Å². The van der Waals surface area contributed by atoms with Gasteiger partial charge in [-0.25, -0.2) is 0 Å². The van der Waals surface area contributed by atoms with Crippen LogP contribution in [0.25, 0.3) is 0 Å². The summed E-state index contributed by atoms with van der Waals surface area (Å²) < 4.78 is 0. The molecule has 2 aromatic rings. The molecule has 1 aliphatic rings. The minimum atomic E-state index is -0.756. The Labute approximate surface area is 136 Å². The number of nitrogens with one attached hydrogen (secondary N) is 1. The molecule has 2 aromatic heterocycles. The zero-order valence-corrected chi connectivity index (χ0v) is 13.5. The topological polar surface area (TPSA) is 71.0 Å². The maximum absolute atomic E-state index is 12.8. The first-order valence-corrected chi connectivity index (χ1v) is 7.82. The number of rotatable bonds is 4. The van der Waals surface area contributed by atoms with Crippen LogP contribution >= 0.6 is 0 Å². The number of carbonyl (C=O) groups excluding carboxylic acids is 1. The van der Waals surface area contributed by atoms with E-state index < -0.39 is 5.54 Å². The summed E-state index contributed by atoms with van der Waals surface area (Å²) >= 11 is 0. The Kier molecular flexibility index (Phi) is 4.34. The monoisotopic (exact) mass is 311 g/mol. The number of aromatic nitrogens is 3. The van der Waals surface area contributed by atoms with Crippen molar-refractivity contribution >= 4 is 5.91 Å². The molecule has 3 heterocycles. The summed E-state index contributed by atoms with van der Waals surface area (Å²) in [6.07, 6.45) is 8.53. The minimum absolute atomic E-state index is 0.0319.